The molecular weight excluding hydrogens is 257 g/mol. The SMILES string of the molecule is CC(C)(C)NC(=O)c1cnn(-c2ccccc2)c1CF. The maximum Gasteiger partial charge on any atom is 0.255 e. The van der Waals surface area contributed by atoms with Gasteiger partial charge in [0, 0.05) is 5.54 Å². The number of para-hydroxylation sites is 1. The molecule has 0 bridgehead atoms. The van der Waals surface area contributed by atoms with Gasteiger partial charge in [-0.05, 0) is 32.9 Å². The van der Waals surface area contributed by atoms with E-state index in [4.69, 9.17) is 0 Å². The molecule has 1 aromatic heterocycles. The molecular formula is C15H18FN3O. The van der Waals surface area contributed by atoms with Gasteiger partial charge in [0.2, 0.25) is 0 Å². The number of halogens is 1. The summed E-state index contributed by atoms with van der Waals surface area (Å²) in [6.45, 7) is 4.88. The van der Waals surface area contributed by atoms with Crippen LogP contribution in [0.2, 0.25) is 0 Å². The molecule has 106 valence electrons. The lowest BCUT2D eigenvalue weighted by atomic mass is 10.1. The summed E-state index contributed by atoms with van der Waals surface area (Å²) in [5, 5.41) is 6.94. The molecule has 0 fully saturated rings. The van der Waals surface area contributed by atoms with Crippen LogP contribution in [0.3, 0.4) is 0 Å². The zero-order valence-electron chi connectivity index (χ0n) is 11.9. The van der Waals surface area contributed by atoms with Crippen molar-refractivity contribution in [2.45, 2.75) is 33.0 Å². The van der Waals surface area contributed by atoms with Gasteiger partial charge in [0.1, 0.15) is 6.67 Å². The number of benzene rings is 1. The summed E-state index contributed by atoms with van der Waals surface area (Å²) < 4.78 is 14.8. The smallest absolute Gasteiger partial charge is 0.255 e. The lowest BCUT2D eigenvalue weighted by Gasteiger charge is -2.20. The van der Waals surface area contributed by atoms with E-state index in [2.05, 4.69) is 10.4 Å². The number of nitrogens with one attached hydrogen (secondary N) is 1. The molecule has 0 aliphatic carbocycles. The van der Waals surface area contributed by atoms with Crippen molar-refractivity contribution in [1.29, 1.82) is 0 Å². The van der Waals surface area contributed by atoms with Gasteiger partial charge in [-0.25, -0.2) is 9.07 Å². The highest BCUT2D eigenvalue weighted by molar-refractivity contribution is 5.95. The lowest BCUT2D eigenvalue weighted by Crippen LogP contribution is -2.40. The first-order valence-electron chi connectivity index (χ1n) is 6.43. The molecule has 2 rings (SSSR count). The zero-order valence-corrected chi connectivity index (χ0v) is 11.9. The van der Waals surface area contributed by atoms with Crippen molar-refractivity contribution in [2.75, 3.05) is 0 Å². The van der Waals surface area contributed by atoms with E-state index < -0.39 is 6.67 Å². The number of aromatic nitrogens is 2. The van der Waals surface area contributed by atoms with Crippen LogP contribution in [0, 0.1) is 0 Å². The number of nitrogens with zero attached hydrogens (tertiary/aromatic N) is 2. The topological polar surface area (TPSA) is 46.9 Å². The Morgan fingerprint density at radius 2 is 1.95 bits per heavy atom. The van der Waals surface area contributed by atoms with Crippen molar-refractivity contribution in [3.63, 3.8) is 0 Å². The number of hydrogen-bond donors (Lipinski definition) is 1. The Morgan fingerprint density at radius 1 is 1.30 bits per heavy atom. The lowest BCUT2D eigenvalue weighted by molar-refractivity contribution is 0.0917. The van der Waals surface area contributed by atoms with Crippen LogP contribution in [-0.4, -0.2) is 21.2 Å². The maximum atomic E-state index is 13.3. The third-order valence-corrected chi connectivity index (χ3v) is 2.73. The molecule has 0 atom stereocenters. The Balaban J connectivity index is 2.38. The van der Waals surface area contributed by atoms with Crippen LogP contribution in [0.1, 0.15) is 36.8 Å². The van der Waals surface area contributed by atoms with Gasteiger partial charge in [0.15, 0.2) is 0 Å². The molecule has 1 N–H and O–H groups in total. The molecule has 1 amide bonds. The standard InChI is InChI=1S/C15H18FN3O/c1-15(2,3)18-14(20)12-10-17-19(13(12)9-16)11-7-5-4-6-8-11/h4-8,10H,9H2,1-3H3,(H,18,20). The summed E-state index contributed by atoms with van der Waals surface area (Å²) >= 11 is 0. The predicted molar refractivity (Wildman–Crippen MR) is 75.6 cm³/mol. The van der Waals surface area contributed by atoms with E-state index in [-0.39, 0.29) is 22.7 Å². The van der Waals surface area contributed by atoms with Gasteiger partial charge in [-0.15, -0.1) is 0 Å². The number of carbonyl (C=O) groups excluding carboxylic acids is 1. The Kier molecular flexibility index (Phi) is 3.88. The molecule has 20 heavy (non-hydrogen) atoms. The van der Waals surface area contributed by atoms with Crippen LogP contribution in [0.4, 0.5) is 4.39 Å². The van der Waals surface area contributed by atoms with E-state index in [0.717, 1.165) is 5.69 Å². The molecule has 0 aliphatic heterocycles. The fourth-order valence-corrected chi connectivity index (χ4v) is 1.89. The Bertz CT molecular complexity index is 599. The van der Waals surface area contributed by atoms with Crippen LogP contribution in [0.25, 0.3) is 5.69 Å². The van der Waals surface area contributed by atoms with Crippen LogP contribution in [-0.2, 0) is 6.67 Å². The molecule has 4 nitrogen and oxygen atoms in total. The van der Waals surface area contributed by atoms with Gasteiger partial charge >= 0.3 is 0 Å². The minimum Gasteiger partial charge on any atom is -0.347 e. The summed E-state index contributed by atoms with van der Waals surface area (Å²) in [5.74, 6) is -0.313. The predicted octanol–water partition coefficient (Wildman–Crippen LogP) is 2.87. The summed E-state index contributed by atoms with van der Waals surface area (Å²) in [4.78, 5) is 12.2. The first-order valence-corrected chi connectivity index (χ1v) is 6.43. The van der Waals surface area contributed by atoms with E-state index in [9.17, 15) is 9.18 Å². The second kappa shape index (κ2) is 5.45. The fraction of sp³-hybridized carbons (Fsp3) is 0.333. The number of carbonyl (C=O) groups is 1. The zero-order chi connectivity index (χ0) is 14.8. The van der Waals surface area contributed by atoms with Gasteiger partial charge in [-0.2, -0.15) is 5.10 Å². The number of rotatable bonds is 3. The average molecular weight is 275 g/mol. The van der Waals surface area contributed by atoms with Crippen molar-refractivity contribution in [2.24, 2.45) is 0 Å². The molecule has 1 aromatic carbocycles. The highest BCUT2D eigenvalue weighted by Gasteiger charge is 2.21. The summed E-state index contributed by atoms with van der Waals surface area (Å²) in [7, 11) is 0. The highest BCUT2D eigenvalue weighted by atomic mass is 19.1. The van der Waals surface area contributed by atoms with E-state index in [0.29, 0.717) is 0 Å². The molecule has 5 heteroatoms. The Hall–Kier alpha value is -2.17. The van der Waals surface area contributed by atoms with Crippen LogP contribution in [0.15, 0.2) is 36.5 Å². The number of amides is 1. The summed E-state index contributed by atoms with van der Waals surface area (Å²) in [6, 6.07) is 9.19. The normalized spacial score (nSPS) is 11.4. The summed E-state index contributed by atoms with van der Waals surface area (Å²) in [5.41, 5.74) is 0.888. The minimum atomic E-state index is -0.748. The van der Waals surface area contributed by atoms with E-state index >= 15 is 0 Å². The molecule has 0 spiro atoms. The second-order valence-electron chi connectivity index (χ2n) is 5.59. The van der Waals surface area contributed by atoms with E-state index in [1.54, 1.807) is 0 Å². The third kappa shape index (κ3) is 3.04. The minimum absolute atomic E-state index is 0.262. The van der Waals surface area contributed by atoms with Crippen LogP contribution in [0.5, 0.6) is 0 Å². The molecule has 2 aromatic rings. The number of alkyl halides is 1. The summed E-state index contributed by atoms with van der Waals surface area (Å²) in [6.07, 6.45) is 1.41. The molecule has 0 unspecified atom stereocenters. The Morgan fingerprint density at radius 3 is 2.50 bits per heavy atom. The molecule has 0 radical (unpaired) electrons. The van der Waals surface area contributed by atoms with Crippen molar-refractivity contribution in [1.82, 2.24) is 15.1 Å². The first kappa shape index (κ1) is 14.2. The highest BCUT2D eigenvalue weighted by Crippen LogP contribution is 2.17. The molecule has 0 saturated heterocycles. The molecule has 1 heterocycles. The van der Waals surface area contributed by atoms with E-state index in [1.165, 1.54) is 10.9 Å². The van der Waals surface area contributed by atoms with Gasteiger partial charge < -0.3 is 5.32 Å². The quantitative estimate of drug-likeness (QED) is 0.936. The largest absolute Gasteiger partial charge is 0.347 e. The monoisotopic (exact) mass is 275 g/mol. The van der Waals surface area contributed by atoms with Crippen molar-refractivity contribution < 1.29 is 9.18 Å². The van der Waals surface area contributed by atoms with Crippen molar-refractivity contribution >= 4 is 5.91 Å². The van der Waals surface area contributed by atoms with Gasteiger partial charge in [-0.1, -0.05) is 18.2 Å². The maximum absolute atomic E-state index is 13.3. The second-order valence-corrected chi connectivity index (χ2v) is 5.59. The molecule has 0 saturated carbocycles. The van der Waals surface area contributed by atoms with Gasteiger partial charge in [-0.3, -0.25) is 4.79 Å². The van der Waals surface area contributed by atoms with E-state index in [1.807, 2.05) is 51.1 Å². The number of hydrogen-bond acceptors (Lipinski definition) is 2. The third-order valence-electron chi connectivity index (χ3n) is 2.73. The van der Waals surface area contributed by atoms with Crippen molar-refractivity contribution in [3.05, 3.63) is 47.8 Å². The fourth-order valence-electron chi connectivity index (χ4n) is 1.89. The van der Waals surface area contributed by atoms with Gasteiger partial charge in [0.25, 0.3) is 5.91 Å². The van der Waals surface area contributed by atoms with Gasteiger partial charge in [0.05, 0.1) is 23.1 Å². The average Bonchev–Trinajstić information content (AvgIpc) is 2.81. The first-order chi connectivity index (χ1) is 9.42. The Labute approximate surface area is 117 Å². The van der Waals surface area contributed by atoms with Crippen molar-refractivity contribution in [3.8, 4) is 5.69 Å². The van der Waals surface area contributed by atoms with Crippen LogP contribution < -0.4 is 5.32 Å². The van der Waals surface area contributed by atoms with Crippen LogP contribution >= 0.6 is 0 Å². The molecule has 0 aliphatic rings.